The van der Waals surface area contributed by atoms with Crippen LogP contribution in [0.2, 0.25) is 0 Å². The molecule has 0 unspecified atom stereocenters. The highest BCUT2D eigenvalue weighted by atomic mass is 32.1. The zero-order chi connectivity index (χ0) is 22.1. The van der Waals surface area contributed by atoms with Crippen molar-refractivity contribution in [1.29, 1.82) is 0 Å². The van der Waals surface area contributed by atoms with Gasteiger partial charge in [0.15, 0.2) is 5.78 Å². The zero-order valence-electron chi connectivity index (χ0n) is 17.7. The second-order valence-corrected chi connectivity index (χ2v) is 8.61. The first kappa shape index (κ1) is 21.1. The maximum Gasteiger partial charge on any atom is 0.263 e. The average molecular weight is 435 g/mol. The number of thiophene rings is 1. The Balaban J connectivity index is 1.83. The number of rotatable bonds is 6. The summed E-state index contributed by atoms with van der Waals surface area (Å²) < 4.78 is 15.1. The van der Waals surface area contributed by atoms with Crippen LogP contribution in [0.15, 0.2) is 52.6 Å². The molecule has 4 rings (SSSR count). The highest BCUT2D eigenvalue weighted by molar-refractivity contribution is 7.17. The smallest absolute Gasteiger partial charge is 0.263 e. The van der Waals surface area contributed by atoms with E-state index in [1.54, 1.807) is 6.92 Å². The van der Waals surface area contributed by atoms with Gasteiger partial charge < -0.3 is 0 Å². The fourth-order valence-corrected chi connectivity index (χ4v) is 4.60. The lowest BCUT2D eigenvalue weighted by atomic mass is 10.0. The third-order valence-corrected chi connectivity index (χ3v) is 6.26. The Morgan fingerprint density at radius 3 is 2.55 bits per heavy atom. The molecule has 0 saturated heterocycles. The number of hydrogen-bond donors (Lipinski definition) is 0. The average Bonchev–Trinajstić information content (AvgIpc) is 3.17. The number of aryl methyl sites for hydroxylation is 3. The number of Topliss-reactive ketones (excluding diaryl/α,β-unsaturated/α-hetero) is 1. The minimum atomic E-state index is -0.357. The second-order valence-electron chi connectivity index (χ2n) is 7.75. The Bertz CT molecular complexity index is 1340. The summed E-state index contributed by atoms with van der Waals surface area (Å²) in [7, 11) is 0. The molecule has 2 heterocycles. The number of fused-ring (bicyclic) bond motifs is 1. The summed E-state index contributed by atoms with van der Waals surface area (Å²) in [6.45, 7) is 5.53. The van der Waals surface area contributed by atoms with Crippen molar-refractivity contribution in [2.24, 2.45) is 0 Å². The van der Waals surface area contributed by atoms with Crippen LogP contribution in [0.5, 0.6) is 0 Å². The fraction of sp³-hybridized carbons (Fsp3) is 0.240. The molecule has 4 aromatic rings. The maximum absolute atomic E-state index is 13.6. The monoisotopic (exact) mass is 434 g/mol. The molecule has 4 nitrogen and oxygen atoms in total. The van der Waals surface area contributed by atoms with Crippen LogP contribution < -0.4 is 5.56 Å². The summed E-state index contributed by atoms with van der Waals surface area (Å²) in [4.78, 5) is 31.9. The number of aromatic nitrogens is 2. The van der Waals surface area contributed by atoms with Gasteiger partial charge in [-0.1, -0.05) is 36.8 Å². The lowest BCUT2D eigenvalue weighted by Gasteiger charge is -2.12. The SMILES string of the molecule is CCCc1nc2scc(-c3ccc(C)cc3)c2c(=O)n1CC(=O)c1ccc(F)c(C)c1. The third-order valence-electron chi connectivity index (χ3n) is 5.39. The molecule has 0 spiro atoms. The van der Waals surface area contributed by atoms with Crippen molar-refractivity contribution in [1.82, 2.24) is 9.55 Å². The Morgan fingerprint density at radius 2 is 1.87 bits per heavy atom. The van der Waals surface area contributed by atoms with Gasteiger partial charge in [0.05, 0.1) is 11.9 Å². The van der Waals surface area contributed by atoms with Gasteiger partial charge in [-0.15, -0.1) is 11.3 Å². The van der Waals surface area contributed by atoms with E-state index in [1.807, 2.05) is 43.5 Å². The molecule has 0 amide bonds. The first-order valence-electron chi connectivity index (χ1n) is 10.3. The molecular weight excluding hydrogens is 411 g/mol. The molecule has 6 heteroatoms. The van der Waals surface area contributed by atoms with Crippen LogP contribution in [0, 0.1) is 19.7 Å². The van der Waals surface area contributed by atoms with E-state index in [9.17, 15) is 14.0 Å². The van der Waals surface area contributed by atoms with Gasteiger partial charge in [-0.3, -0.25) is 14.2 Å². The molecular formula is C25H23FN2O2S. The van der Waals surface area contributed by atoms with Crippen LogP contribution >= 0.6 is 11.3 Å². The minimum absolute atomic E-state index is 0.120. The van der Waals surface area contributed by atoms with Crippen molar-refractivity contribution in [3.63, 3.8) is 0 Å². The molecule has 158 valence electrons. The summed E-state index contributed by atoms with van der Waals surface area (Å²) in [5, 5.41) is 2.49. The minimum Gasteiger partial charge on any atom is -0.292 e. The van der Waals surface area contributed by atoms with Gasteiger partial charge >= 0.3 is 0 Å². The summed E-state index contributed by atoms with van der Waals surface area (Å²) in [5.74, 6) is 0.00444. The van der Waals surface area contributed by atoms with Gasteiger partial charge in [-0.05, 0) is 49.6 Å². The number of benzene rings is 2. The molecule has 0 saturated carbocycles. The second kappa shape index (κ2) is 8.55. The summed E-state index contributed by atoms with van der Waals surface area (Å²) in [5.41, 5.74) is 3.50. The quantitative estimate of drug-likeness (QED) is 0.365. The molecule has 2 aromatic carbocycles. The van der Waals surface area contributed by atoms with Crippen molar-refractivity contribution < 1.29 is 9.18 Å². The molecule has 2 aromatic heterocycles. The van der Waals surface area contributed by atoms with E-state index in [0.29, 0.717) is 33.6 Å². The van der Waals surface area contributed by atoms with Gasteiger partial charge in [0.25, 0.3) is 5.56 Å². The van der Waals surface area contributed by atoms with Gasteiger partial charge in [-0.2, -0.15) is 0 Å². The van der Waals surface area contributed by atoms with Gasteiger partial charge in [-0.25, -0.2) is 9.37 Å². The van der Waals surface area contributed by atoms with Crippen LogP contribution in [0.25, 0.3) is 21.3 Å². The number of carbonyl (C=O) groups is 1. The predicted octanol–water partition coefficient (Wildman–Crippen LogP) is 5.72. The van der Waals surface area contributed by atoms with E-state index in [-0.39, 0.29) is 23.7 Å². The molecule has 0 atom stereocenters. The normalized spacial score (nSPS) is 11.2. The van der Waals surface area contributed by atoms with Crippen LogP contribution in [-0.4, -0.2) is 15.3 Å². The Kier molecular flexibility index (Phi) is 5.83. The molecule has 0 aliphatic rings. The van der Waals surface area contributed by atoms with E-state index in [1.165, 1.54) is 34.1 Å². The van der Waals surface area contributed by atoms with Crippen LogP contribution in [0.1, 0.15) is 40.7 Å². The molecule has 0 aliphatic heterocycles. The molecule has 0 fully saturated rings. The molecule has 0 bridgehead atoms. The van der Waals surface area contributed by atoms with E-state index in [0.717, 1.165) is 23.1 Å². The first-order valence-corrected chi connectivity index (χ1v) is 11.1. The third kappa shape index (κ3) is 4.08. The molecule has 0 aliphatic carbocycles. The van der Waals surface area contributed by atoms with Crippen molar-refractivity contribution >= 4 is 27.3 Å². The highest BCUT2D eigenvalue weighted by Crippen LogP contribution is 2.31. The van der Waals surface area contributed by atoms with Gasteiger partial charge in [0.2, 0.25) is 0 Å². The number of halogens is 1. The lowest BCUT2D eigenvalue weighted by Crippen LogP contribution is -2.28. The highest BCUT2D eigenvalue weighted by Gasteiger charge is 2.19. The predicted molar refractivity (Wildman–Crippen MR) is 124 cm³/mol. The number of carbonyl (C=O) groups excluding carboxylic acids is 1. The number of nitrogens with zero attached hydrogens (tertiary/aromatic N) is 2. The van der Waals surface area contributed by atoms with Crippen molar-refractivity contribution in [2.45, 2.75) is 40.2 Å². The van der Waals surface area contributed by atoms with E-state index >= 15 is 0 Å². The zero-order valence-corrected chi connectivity index (χ0v) is 18.6. The van der Waals surface area contributed by atoms with Crippen LogP contribution in [0.3, 0.4) is 0 Å². The largest absolute Gasteiger partial charge is 0.292 e. The number of hydrogen-bond acceptors (Lipinski definition) is 4. The van der Waals surface area contributed by atoms with Gasteiger partial charge in [0, 0.05) is 22.9 Å². The number of ketones is 1. The summed E-state index contributed by atoms with van der Waals surface area (Å²) in [6.07, 6.45) is 1.40. The maximum atomic E-state index is 13.6. The van der Waals surface area contributed by atoms with E-state index < -0.39 is 0 Å². The first-order chi connectivity index (χ1) is 14.9. The molecule has 31 heavy (non-hydrogen) atoms. The summed E-state index contributed by atoms with van der Waals surface area (Å²) >= 11 is 1.44. The molecule has 0 N–H and O–H groups in total. The van der Waals surface area contributed by atoms with Crippen molar-refractivity contribution in [2.75, 3.05) is 0 Å². The van der Waals surface area contributed by atoms with Crippen molar-refractivity contribution in [3.05, 3.63) is 86.5 Å². The fourth-order valence-electron chi connectivity index (χ4n) is 3.64. The topological polar surface area (TPSA) is 52.0 Å². The van der Waals surface area contributed by atoms with E-state index in [4.69, 9.17) is 4.98 Å². The van der Waals surface area contributed by atoms with Crippen LogP contribution in [0.4, 0.5) is 4.39 Å². The van der Waals surface area contributed by atoms with Crippen LogP contribution in [-0.2, 0) is 13.0 Å². The standard InChI is InChI=1S/C25H23FN2O2S/c1-4-5-22-27-24-23(19(14-31-24)17-8-6-15(2)7-9-17)25(30)28(22)13-21(29)18-10-11-20(26)16(3)12-18/h6-12,14H,4-5,13H2,1-3H3. The molecule has 0 radical (unpaired) electrons. The Hall–Kier alpha value is -3.12. The lowest BCUT2D eigenvalue weighted by molar-refractivity contribution is 0.0969. The van der Waals surface area contributed by atoms with Crippen molar-refractivity contribution in [3.8, 4) is 11.1 Å². The Morgan fingerprint density at radius 1 is 1.13 bits per heavy atom. The van der Waals surface area contributed by atoms with Gasteiger partial charge in [0.1, 0.15) is 16.5 Å². The van der Waals surface area contributed by atoms with E-state index in [2.05, 4.69) is 0 Å². The Labute approximate surface area is 184 Å². The summed E-state index contributed by atoms with van der Waals surface area (Å²) in [6, 6.07) is 12.3.